The zero-order chi connectivity index (χ0) is 29.7. The molecular weight excluding hydrogens is 675 g/mol. The van der Waals surface area contributed by atoms with E-state index >= 15 is 0 Å². The van der Waals surface area contributed by atoms with Crippen molar-refractivity contribution in [3.63, 3.8) is 0 Å². The first-order valence-corrected chi connectivity index (χ1v) is 14.2. The van der Waals surface area contributed by atoms with Crippen molar-refractivity contribution in [3.05, 3.63) is 0 Å². The van der Waals surface area contributed by atoms with Crippen molar-refractivity contribution in [2.75, 3.05) is 6.61 Å². The molecule has 41 heavy (non-hydrogen) atoms. The van der Waals surface area contributed by atoms with Gasteiger partial charge in [0.1, 0.15) is 90.1 Å². The number of rotatable bonds is 11. The number of hydrogen-bond donors (Lipinski definition) is 7. The predicted molar refractivity (Wildman–Crippen MR) is 134 cm³/mol. The molecule has 0 spiro atoms. The summed E-state index contributed by atoms with van der Waals surface area (Å²) < 4.78 is 54.8. The standard InChI is InChI=1S/C23H37IO17/c1-5-9(26)17(14(31)21(32-5)41-24)34-7(3)35-22-15(37-22)6(2)33-19-12(29)10(27)16(8(4-25)36-19)38-20-13(30)11(28)18-23(39-18)40-20/h5-23,25-31H,4H2,1-3H3/t5?,6?,7-,8?,9+,10?,11?,12?,13?,14+,15-,16-,17?,18-,19-,20+,21+,22?,23?/m1/s1. The Kier molecular flexibility index (Phi) is 10.4. The lowest BCUT2D eigenvalue weighted by Crippen LogP contribution is -2.63. The van der Waals surface area contributed by atoms with Gasteiger partial charge in [0.05, 0.1) is 18.8 Å². The molecule has 5 heterocycles. The summed E-state index contributed by atoms with van der Waals surface area (Å²) in [7, 11) is 0. The molecule has 10 unspecified atom stereocenters. The number of aliphatic hydroxyl groups is 7. The first-order valence-electron chi connectivity index (χ1n) is 13.3. The topological polar surface area (TPSA) is 241 Å². The summed E-state index contributed by atoms with van der Waals surface area (Å²) >= 11 is 1.59. The molecule has 5 saturated heterocycles. The SMILES string of the molecule is CC1O[C@@H](OI)[C@@H](O)C(O[C@@H](C)OC2O[C@@H]2C(C)O[C@@H]2OC(CO)[C@@H](O[C@H]3OC4O[C@@H]4C(O)C3O)C(O)C2O)[C@H]1O. The van der Waals surface area contributed by atoms with Gasteiger partial charge in [0.2, 0.25) is 0 Å². The van der Waals surface area contributed by atoms with E-state index in [4.69, 9.17) is 45.7 Å². The fourth-order valence-corrected chi connectivity index (χ4v) is 5.56. The van der Waals surface area contributed by atoms with E-state index in [1.807, 2.05) is 0 Å². The molecule has 0 bridgehead atoms. The molecule has 5 fully saturated rings. The zero-order valence-corrected chi connectivity index (χ0v) is 24.4. The van der Waals surface area contributed by atoms with Crippen LogP contribution in [-0.4, -0.2) is 159 Å². The van der Waals surface area contributed by atoms with Crippen LogP contribution in [0.2, 0.25) is 0 Å². The molecule has 0 amide bonds. The molecule has 238 valence electrons. The Morgan fingerprint density at radius 2 is 1.39 bits per heavy atom. The van der Waals surface area contributed by atoms with Crippen LogP contribution in [0.3, 0.4) is 0 Å². The van der Waals surface area contributed by atoms with Crippen LogP contribution in [0.5, 0.6) is 0 Å². The Bertz CT molecular complexity index is 872. The fourth-order valence-electron chi connectivity index (χ4n) is 5.14. The average Bonchev–Trinajstić information content (AvgIpc) is 3.87. The summed E-state index contributed by atoms with van der Waals surface area (Å²) in [5.41, 5.74) is 0. The van der Waals surface area contributed by atoms with Crippen molar-refractivity contribution in [1.29, 1.82) is 0 Å². The van der Waals surface area contributed by atoms with Crippen LogP contribution in [0.15, 0.2) is 0 Å². The number of ether oxygens (including phenoxy) is 9. The third-order valence-corrected chi connectivity index (χ3v) is 8.17. The quantitative estimate of drug-likeness (QED) is 0.0620. The summed E-state index contributed by atoms with van der Waals surface area (Å²) in [6, 6.07) is 0. The molecule has 5 rings (SSSR count). The van der Waals surface area contributed by atoms with Crippen LogP contribution in [0.4, 0.5) is 0 Å². The number of epoxide rings is 2. The smallest absolute Gasteiger partial charge is 0.197 e. The van der Waals surface area contributed by atoms with E-state index < -0.39 is 124 Å². The third-order valence-electron chi connectivity index (χ3n) is 7.67. The lowest BCUT2D eigenvalue weighted by molar-refractivity contribution is -0.348. The predicted octanol–water partition coefficient (Wildman–Crippen LogP) is -3.68. The van der Waals surface area contributed by atoms with Gasteiger partial charge in [0, 0.05) is 0 Å². The summed E-state index contributed by atoms with van der Waals surface area (Å²) in [5, 5.41) is 72.4. The van der Waals surface area contributed by atoms with Crippen LogP contribution >= 0.6 is 23.0 Å². The Morgan fingerprint density at radius 3 is 2.07 bits per heavy atom. The van der Waals surface area contributed by atoms with E-state index in [1.54, 1.807) is 43.8 Å². The van der Waals surface area contributed by atoms with E-state index in [0.29, 0.717) is 0 Å². The number of hydrogen-bond acceptors (Lipinski definition) is 17. The molecule has 5 aliphatic rings. The van der Waals surface area contributed by atoms with Crippen LogP contribution in [0.25, 0.3) is 0 Å². The van der Waals surface area contributed by atoms with E-state index in [0.717, 1.165) is 0 Å². The summed E-state index contributed by atoms with van der Waals surface area (Å²) in [5.74, 6) is 0. The normalized spacial score (nSPS) is 52.9. The molecule has 0 aromatic carbocycles. The Balaban J connectivity index is 1.10. The van der Waals surface area contributed by atoms with Crippen molar-refractivity contribution in [1.82, 2.24) is 0 Å². The highest BCUT2D eigenvalue weighted by atomic mass is 127. The van der Waals surface area contributed by atoms with Gasteiger partial charge in [0.25, 0.3) is 0 Å². The minimum atomic E-state index is -1.63. The molecule has 0 saturated carbocycles. The second kappa shape index (κ2) is 13.2. The van der Waals surface area contributed by atoms with Gasteiger partial charge in [-0.05, 0) is 20.8 Å². The Morgan fingerprint density at radius 1 is 0.683 bits per heavy atom. The van der Waals surface area contributed by atoms with Gasteiger partial charge in [-0.1, -0.05) is 0 Å². The average molecular weight is 712 g/mol. The molecule has 5 aliphatic heterocycles. The van der Waals surface area contributed by atoms with Crippen molar-refractivity contribution in [3.8, 4) is 0 Å². The fraction of sp³-hybridized carbons (Fsp3) is 1.00. The minimum absolute atomic E-state index is 0.622. The van der Waals surface area contributed by atoms with E-state index in [-0.39, 0.29) is 0 Å². The van der Waals surface area contributed by atoms with Gasteiger partial charge in [-0.3, -0.25) is 3.07 Å². The van der Waals surface area contributed by atoms with Crippen LogP contribution in [0, 0.1) is 0 Å². The van der Waals surface area contributed by atoms with Crippen molar-refractivity contribution < 1.29 is 81.4 Å². The second-order valence-corrected chi connectivity index (χ2v) is 11.2. The van der Waals surface area contributed by atoms with Crippen LogP contribution < -0.4 is 0 Å². The van der Waals surface area contributed by atoms with Gasteiger partial charge >= 0.3 is 0 Å². The maximum Gasteiger partial charge on any atom is 0.197 e. The molecule has 0 aromatic rings. The maximum absolute atomic E-state index is 10.8. The first-order chi connectivity index (χ1) is 19.4. The summed E-state index contributed by atoms with van der Waals surface area (Å²) in [4.78, 5) is 0. The van der Waals surface area contributed by atoms with Gasteiger partial charge in [0.15, 0.2) is 37.7 Å². The van der Waals surface area contributed by atoms with Crippen molar-refractivity contribution in [2.24, 2.45) is 0 Å². The molecular formula is C23H37IO17. The highest BCUT2D eigenvalue weighted by Crippen LogP contribution is 2.38. The van der Waals surface area contributed by atoms with Gasteiger partial charge in [-0.25, -0.2) is 0 Å². The molecule has 0 radical (unpaired) electrons. The lowest BCUT2D eigenvalue weighted by atomic mass is 9.98. The molecule has 17 nitrogen and oxygen atoms in total. The maximum atomic E-state index is 10.8. The van der Waals surface area contributed by atoms with Crippen molar-refractivity contribution >= 4 is 23.0 Å². The number of aliphatic hydroxyl groups excluding tert-OH is 7. The lowest BCUT2D eigenvalue weighted by Gasteiger charge is -2.44. The van der Waals surface area contributed by atoms with Gasteiger partial charge in [-0.15, -0.1) is 0 Å². The number of halogens is 1. The molecule has 7 N–H and O–H groups in total. The Labute approximate surface area is 248 Å². The van der Waals surface area contributed by atoms with E-state index in [1.165, 1.54) is 0 Å². The minimum Gasteiger partial charge on any atom is -0.394 e. The number of fused-ring (bicyclic) bond motifs is 1. The van der Waals surface area contributed by atoms with Crippen LogP contribution in [-0.2, 0) is 45.7 Å². The first kappa shape index (κ1) is 32.4. The highest BCUT2D eigenvalue weighted by Gasteiger charge is 2.58. The summed E-state index contributed by atoms with van der Waals surface area (Å²) in [6.07, 6.45) is -21.0. The largest absolute Gasteiger partial charge is 0.394 e. The monoisotopic (exact) mass is 712 g/mol. The summed E-state index contributed by atoms with van der Waals surface area (Å²) in [6.45, 7) is 4.15. The van der Waals surface area contributed by atoms with E-state index in [9.17, 15) is 35.7 Å². The second-order valence-electron chi connectivity index (χ2n) is 10.7. The zero-order valence-electron chi connectivity index (χ0n) is 22.3. The van der Waals surface area contributed by atoms with E-state index in [2.05, 4.69) is 0 Å². The van der Waals surface area contributed by atoms with Gasteiger partial charge in [-0.2, -0.15) is 0 Å². The van der Waals surface area contributed by atoms with Crippen molar-refractivity contribution in [2.45, 2.75) is 138 Å². The third kappa shape index (κ3) is 6.84. The molecule has 19 atom stereocenters. The highest BCUT2D eigenvalue weighted by molar-refractivity contribution is 14.1. The van der Waals surface area contributed by atoms with Crippen LogP contribution in [0.1, 0.15) is 20.8 Å². The van der Waals surface area contributed by atoms with Gasteiger partial charge < -0.3 is 78.4 Å². The molecule has 18 heteroatoms. The Hall–Kier alpha value is 0.0500. The molecule has 0 aromatic heterocycles. The molecule has 0 aliphatic carbocycles.